The summed E-state index contributed by atoms with van der Waals surface area (Å²) in [7, 11) is -1.27. The molecule has 37 heavy (non-hydrogen) atoms. The number of urea groups is 1. The maximum Gasteiger partial charge on any atom is 0.324 e. The molecule has 190 valence electrons. The van der Waals surface area contributed by atoms with E-state index in [1.807, 2.05) is 62.9 Å². The van der Waals surface area contributed by atoms with Crippen molar-refractivity contribution < 1.29 is 13.2 Å². The molecule has 6 rings (SSSR count). The zero-order valence-electron chi connectivity index (χ0n) is 20.7. The number of likely N-dealkylation sites (N-methyl/N-ethyl adjacent to an activating group) is 1. The molecular weight excluding hydrogens is 488 g/mol. The van der Waals surface area contributed by atoms with Crippen LogP contribution in [0.3, 0.4) is 0 Å². The number of hydrogen-bond donors (Lipinski definition) is 1. The smallest absolute Gasteiger partial charge is 0.317 e. The van der Waals surface area contributed by atoms with Gasteiger partial charge >= 0.3 is 6.03 Å². The van der Waals surface area contributed by atoms with Crippen molar-refractivity contribution in [2.45, 2.75) is 6.04 Å². The highest BCUT2D eigenvalue weighted by molar-refractivity contribution is 7.92. The Bertz CT molecular complexity index is 1600. The van der Waals surface area contributed by atoms with Crippen molar-refractivity contribution in [3.8, 4) is 16.8 Å². The number of carbonyl (C=O) groups is 1. The Labute approximate surface area is 216 Å². The van der Waals surface area contributed by atoms with Crippen molar-refractivity contribution in [3.05, 3.63) is 73.1 Å². The Morgan fingerprint density at radius 2 is 1.70 bits per heavy atom. The Kier molecular flexibility index (Phi) is 5.65. The number of fused-ring (bicyclic) bond motifs is 2. The second-order valence-corrected chi connectivity index (χ2v) is 11.5. The summed E-state index contributed by atoms with van der Waals surface area (Å²) in [6.07, 6.45) is 2.87. The van der Waals surface area contributed by atoms with E-state index in [1.54, 1.807) is 18.5 Å². The summed E-state index contributed by atoms with van der Waals surface area (Å²) in [5, 5.41) is 0. The minimum Gasteiger partial charge on any atom is -0.317 e. The number of nitrogens with one attached hydrogen (secondary N) is 1. The van der Waals surface area contributed by atoms with Gasteiger partial charge in [0, 0.05) is 37.6 Å². The van der Waals surface area contributed by atoms with Gasteiger partial charge in [0.15, 0.2) is 0 Å². The lowest BCUT2D eigenvalue weighted by Gasteiger charge is -2.33. The highest BCUT2D eigenvalue weighted by Crippen LogP contribution is 2.30. The van der Waals surface area contributed by atoms with Crippen LogP contribution in [-0.2, 0) is 10.0 Å². The molecule has 0 spiro atoms. The van der Waals surface area contributed by atoms with Crippen LogP contribution in [0.15, 0.2) is 73.1 Å². The van der Waals surface area contributed by atoms with Crippen LogP contribution in [0, 0.1) is 0 Å². The molecule has 0 bridgehead atoms. The van der Waals surface area contributed by atoms with Crippen molar-refractivity contribution in [3.63, 3.8) is 0 Å². The normalized spacial score (nSPS) is 18.4. The minimum absolute atomic E-state index is 0.0868. The molecule has 4 aromatic rings. The van der Waals surface area contributed by atoms with Crippen molar-refractivity contribution in [2.75, 3.05) is 49.1 Å². The van der Waals surface area contributed by atoms with Gasteiger partial charge < -0.3 is 9.80 Å². The Morgan fingerprint density at radius 3 is 2.49 bits per heavy atom. The second-order valence-electron chi connectivity index (χ2n) is 9.79. The fourth-order valence-corrected chi connectivity index (χ4v) is 5.79. The zero-order chi connectivity index (χ0) is 25.7. The summed E-state index contributed by atoms with van der Waals surface area (Å²) in [5.74, 6) is 0. The first-order valence-electron chi connectivity index (χ1n) is 12.2. The average Bonchev–Trinajstić information content (AvgIpc) is 3.43. The summed E-state index contributed by atoms with van der Waals surface area (Å²) >= 11 is 0. The summed E-state index contributed by atoms with van der Waals surface area (Å²) in [4.78, 5) is 23.6. The quantitative estimate of drug-likeness (QED) is 0.438. The molecule has 2 fully saturated rings. The Hall–Kier alpha value is -3.89. The van der Waals surface area contributed by atoms with Gasteiger partial charge in [-0.05, 0) is 60.6 Å². The standard InChI is InChI=1S/C27H28N6O3S/c1-30-12-13-31-24(16-30)17-32(27(31)34)22-9-6-19(7-10-22)20-8-11-25-26(14-20)33(18-28-25)23-5-3-4-21(15-23)29-37(2,35)36/h3-11,14-15,18,24,29H,12-13,16-17H2,1-2H3. The molecule has 0 saturated carbocycles. The second kappa shape index (κ2) is 8.89. The monoisotopic (exact) mass is 516 g/mol. The largest absolute Gasteiger partial charge is 0.324 e. The fraction of sp³-hybridized carbons (Fsp3) is 0.259. The third-order valence-electron chi connectivity index (χ3n) is 7.04. The average molecular weight is 517 g/mol. The molecule has 3 aromatic carbocycles. The summed E-state index contributed by atoms with van der Waals surface area (Å²) < 4.78 is 27.8. The van der Waals surface area contributed by atoms with E-state index in [9.17, 15) is 13.2 Å². The zero-order valence-corrected chi connectivity index (χ0v) is 21.5. The first-order chi connectivity index (χ1) is 17.7. The van der Waals surface area contributed by atoms with Crippen LogP contribution in [0.25, 0.3) is 27.8 Å². The number of benzene rings is 3. The molecule has 1 unspecified atom stereocenters. The molecule has 10 heteroatoms. The molecule has 0 radical (unpaired) electrons. The van der Waals surface area contributed by atoms with E-state index in [4.69, 9.17) is 0 Å². The lowest BCUT2D eigenvalue weighted by molar-refractivity contribution is 0.139. The van der Waals surface area contributed by atoms with E-state index in [0.29, 0.717) is 12.2 Å². The van der Waals surface area contributed by atoms with E-state index < -0.39 is 10.0 Å². The first-order valence-corrected chi connectivity index (χ1v) is 14.1. The molecule has 1 atom stereocenters. The number of anilines is 2. The van der Waals surface area contributed by atoms with Gasteiger partial charge in [-0.3, -0.25) is 14.2 Å². The third kappa shape index (κ3) is 4.54. The van der Waals surface area contributed by atoms with Crippen molar-refractivity contribution in [1.82, 2.24) is 19.4 Å². The molecule has 1 N–H and O–H groups in total. The van der Waals surface area contributed by atoms with Crippen molar-refractivity contribution in [2.24, 2.45) is 0 Å². The number of amides is 2. The summed E-state index contributed by atoms with van der Waals surface area (Å²) in [5.41, 5.74) is 6.02. The van der Waals surface area contributed by atoms with Crippen molar-refractivity contribution >= 4 is 38.5 Å². The number of sulfonamides is 1. The minimum atomic E-state index is -3.37. The molecule has 2 amide bonds. The van der Waals surface area contributed by atoms with E-state index in [2.05, 4.69) is 27.7 Å². The van der Waals surface area contributed by atoms with Gasteiger partial charge in [-0.2, -0.15) is 0 Å². The van der Waals surface area contributed by atoms with Crippen LogP contribution < -0.4 is 9.62 Å². The van der Waals surface area contributed by atoms with E-state index in [-0.39, 0.29) is 12.1 Å². The number of imidazole rings is 1. The van der Waals surface area contributed by atoms with Crippen LogP contribution in [0.1, 0.15) is 0 Å². The molecule has 3 heterocycles. The van der Waals surface area contributed by atoms with Crippen LogP contribution in [0.4, 0.5) is 16.2 Å². The summed E-state index contributed by atoms with van der Waals surface area (Å²) in [6.45, 7) is 3.30. The van der Waals surface area contributed by atoms with Crippen LogP contribution in [0.2, 0.25) is 0 Å². The molecule has 0 aliphatic carbocycles. The molecule has 2 aliphatic heterocycles. The number of rotatable bonds is 5. The maximum atomic E-state index is 13.0. The van der Waals surface area contributed by atoms with Gasteiger partial charge in [0.1, 0.15) is 6.33 Å². The Balaban J connectivity index is 1.28. The highest BCUT2D eigenvalue weighted by Gasteiger charge is 2.40. The molecule has 2 saturated heterocycles. The number of nitrogens with zero attached hydrogens (tertiary/aromatic N) is 5. The van der Waals surface area contributed by atoms with Gasteiger partial charge in [0.05, 0.1) is 29.0 Å². The van der Waals surface area contributed by atoms with E-state index in [1.165, 1.54) is 0 Å². The maximum absolute atomic E-state index is 13.0. The Morgan fingerprint density at radius 1 is 0.919 bits per heavy atom. The number of aromatic nitrogens is 2. The first kappa shape index (κ1) is 23.5. The highest BCUT2D eigenvalue weighted by atomic mass is 32.2. The van der Waals surface area contributed by atoms with Gasteiger partial charge in [0.2, 0.25) is 10.0 Å². The van der Waals surface area contributed by atoms with Gasteiger partial charge in [0.25, 0.3) is 0 Å². The summed E-state index contributed by atoms with van der Waals surface area (Å²) in [6, 6.07) is 21.7. The molecule has 2 aliphatic rings. The lowest BCUT2D eigenvalue weighted by atomic mass is 10.0. The number of hydrogen-bond acceptors (Lipinski definition) is 5. The predicted molar refractivity (Wildman–Crippen MR) is 146 cm³/mol. The molecule has 1 aromatic heterocycles. The molecular formula is C27H28N6O3S. The fourth-order valence-electron chi connectivity index (χ4n) is 5.24. The number of piperazine rings is 1. The predicted octanol–water partition coefficient (Wildman–Crippen LogP) is 3.62. The van der Waals surface area contributed by atoms with Gasteiger partial charge in [-0.15, -0.1) is 0 Å². The lowest BCUT2D eigenvalue weighted by Crippen LogP contribution is -2.50. The van der Waals surface area contributed by atoms with Crippen LogP contribution in [-0.4, -0.2) is 79.3 Å². The van der Waals surface area contributed by atoms with Crippen molar-refractivity contribution in [1.29, 1.82) is 0 Å². The van der Waals surface area contributed by atoms with E-state index in [0.717, 1.165) is 59.4 Å². The third-order valence-corrected chi connectivity index (χ3v) is 7.65. The van der Waals surface area contributed by atoms with Gasteiger partial charge in [-0.25, -0.2) is 18.2 Å². The number of carbonyl (C=O) groups excluding carboxylic acids is 1. The van der Waals surface area contributed by atoms with Crippen LogP contribution in [0.5, 0.6) is 0 Å². The van der Waals surface area contributed by atoms with E-state index >= 15 is 0 Å². The van der Waals surface area contributed by atoms with Gasteiger partial charge in [-0.1, -0.05) is 24.3 Å². The van der Waals surface area contributed by atoms with Crippen LogP contribution >= 0.6 is 0 Å². The SMILES string of the molecule is CN1CCN2C(=O)N(c3ccc(-c4ccc5ncn(-c6cccc(NS(C)(=O)=O)c6)c5c4)cc3)CC2C1. The molecule has 9 nitrogen and oxygen atoms in total. The topological polar surface area (TPSA) is 90.8 Å².